The lowest BCUT2D eigenvalue weighted by Crippen LogP contribution is -2.36. The SMILES string of the molecule is CCc1cccc(C)c1NC(=O)CN(C)CC(=O)Nc1c(C)cc(C)cc1C. The summed E-state index contributed by atoms with van der Waals surface area (Å²) >= 11 is 0. The molecule has 0 aromatic heterocycles. The number of amides is 2. The third kappa shape index (κ3) is 5.67. The molecule has 0 bridgehead atoms. The zero-order valence-electron chi connectivity index (χ0n) is 17.8. The Morgan fingerprint density at radius 2 is 1.39 bits per heavy atom. The molecule has 0 saturated heterocycles. The van der Waals surface area contributed by atoms with E-state index in [2.05, 4.69) is 17.6 Å². The summed E-state index contributed by atoms with van der Waals surface area (Å²) in [7, 11) is 1.77. The maximum Gasteiger partial charge on any atom is 0.238 e. The van der Waals surface area contributed by atoms with Gasteiger partial charge < -0.3 is 10.6 Å². The number of aryl methyl sites for hydroxylation is 5. The summed E-state index contributed by atoms with van der Waals surface area (Å²) in [5, 5.41) is 5.97. The molecule has 2 aromatic carbocycles. The minimum Gasteiger partial charge on any atom is -0.324 e. The molecule has 2 aromatic rings. The second-order valence-electron chi connectivity index (χ2n) is 7.50. The van der Waals surface area contributed by atoms with Crippen LogP contribution >= 0.6 is 0 Å². The number of likely N-dealkylation sites (N-methyl/N-ethyl adjacent to an activating group) is 1. The first kappa shape index (κ1) is 21.6. The minimum atomic E-state index is -0.129. The number of anilines is 2. The van der Waals surface area contributed by atoms with Crippen molar-refractivity contribution in [2.45, 2.75) is 41.0 Å². The summed E-state index contributed by atoms with van der Waals surface area (Å²) in [5.74, 6) is -0.252. The minimum absolute atomic E-state index is 0.123. The summed E-state index contributed by atoms with van der Waals surface area (Å²) in [6, 6.07) is 10.1. The molecule has 0 aliphatic rings. The number of carbonyl (C=O) groups excluding carboxylic acids is 2. The van der Waals surface area contributed by atoms with Gasteiger partial charge >= 0.3 is 0 Å². The van der Waals surface area contributed by atoms with Gasteiger partial charge in [0, 0.05) is 11.4 Å². The quantitative estimate of drug-likeness (QED) is 0.762. The second-order valence-corrected chi connectivity index (χ2v) is 7.50. The van der Waals surface area contributed by atoms with E-state index < -0.39 is 0 Å². The van der Waals surface area contributed by atoms with E-state index in [0.717, 1.165) is 40.0 Å². The molecule has 0 spiro atoms. The molecule has 28 heavy (non-hydrogen) atoms. The van der Waals surface area contributed by atoms with Gasteiger partial charge in [0.2, 0.25) is 11.8 Å². The number of hydrogen-bond acceptors (Lipinski definition) is 3. The van der Waals surface area contributed by atoms with Gasteiger partial charge in [-0.05, 0) is 63.4 Å². The molecule has 2 N–H and O–H groups in total. The van der Waals surface area contributed by atoms with Crippen LogP contribution in [0.15, 0.2) is 30.3 Å². The molecule has 5 heteroatoms. The lowest BCUT2D eigenvalue weighted by atomic mass is 10.1. The number of benzene rings is 2. The molecule has 0 fully saturated rings. The van der Waals surface area contributed by atoms with E-state index in [9.17, 15) is 9.59 Å². The van der Waals surface area contributed by atoms with Crippen LogP contribution in [0, 0.1) is 27.7 Å². The zero-order valence-corrected chi connectivity index (χ0v) is 17.8. The highest BCUT2D eigenvalue weighted by Crippen LogP contribution is 2.22. The van der Waals surface area contributed by atoms with Crippen LogP contribution in [0.2, 0.25) is 0 Å². The van der Waals surface area contributed by atoms with Gasteiger partial charge in [0.05, 0.1) is 13.1 Å². The maximum absolute atomic E-state index is 12.4. The van der Waals surface area contributed by atoms with Crippen LogP contribution in [0.3, 0.4) is 0 Å². The first-order valence-electron chi connectivity index (χ1n) is 9.65. The Morgan fingerprint density at radius 3 is 1.93 bits per heavy atom. The van der Waals surface area contributed by atoms with Gasteiger partial charge in [0.25, 0.3) is 0 Å². The number of nitrogens with zero attached hydrogens (tertiary/aromatic N) is 1. The van der Waals surface area contributed by atoms with Gasteiger partial charge in [-0.2, -0.15) is 0 Å². The average molecular weight is 382 g/mol. The smallest absolute Gasteiger partial charge is 0.238 e. The van der Waals surface area contributed by atoms with Crippen LogP contribution < -0.4 is 10.6 Å². The first-order valence-corrected chi connectivity index (χ1v) is 9.65. The second kappa shape index (κ2) is 9.51. The fourth-order valence-corrected chi connectivity index (χ4v) is 3.48. The number of carbonyl (C=O) groups is 2. The molecule has 5 nitrogen and oxygen atoms in total. The molecule has 2 amide bonds. The molecule has 0 unspecified atom stereocenters. The topological polar surface area (TPSA) is 61.4 Å². The number of hydrogen-bond donors (Lipinski definition) is 2. The van der Waals surface area contributed by atoms with Gasteiger partial charge in [-0.25, -0.2) is 0 Å². The largest absolute Gasteiger partial charge is 0.324 e. The molecule has 150 valence electrons. The number of para-hydroxylation sites is 1. The summed E-state index contributed by atoms with van der Waals surface area (Å²) in [6.07, 6.45) is 0.852. The molecular formula is C23H31N3O2. The third-order valence-electron chi connectivity index (χ3n) is 4.77. The summed E-state index contributed by atoms with van der Waals surface area (Å²) in [5.41, 5.74) is 7.12. The highest BCUT2D eigenvalue weighted by Gasteiger charge is 2.14. The van der Waals surface area contributed by atoms with Crippen molar-refractivity contribution in [1.82, 2.24) is 4.90 Å². The van der Waals surface area contributed by atoms with Crippen molar-refractivity contribution in [2.75, 3.05) is 30.8 Å². The monoisotopic (exact) mass is 381 g/mol. The molecule has 0 aliphatic carbocycles. The van der Waals surface area contributed by atoms with Crippen LogP contribution in [0.5, 0.6) is 0 Å². The summed E-state index contributed by atoms with van der Waals surface area (Å²) in [4.78, 5) is 26.6. The van der Waals surface area contributed by atoms with E-state index in [4.69, 9.17) is 0 Å². The van der Waals surface area contributed by atoms with Crippen molar-refractivity contribution in [3.63, 3.8) is 0 Å². The first-order chi connectivity index (χ1) is 13.2. The van der Waals surface area contributed by atoms with Gasteiger partial charge in [-0.15, -0.1) is 0 Å². The standard InChI is InChI=1S/C23H31N3O2/c1-7-19-10-8-9-16(3)23(19)25-21(28)14-26(6)13-20(27)24-22-17(4)11-15(2)12-18(22)5/h8-12H,7,13-14H2,1-6H3,(H,24,27)(H,25,28). The Hall–Kier alpha value is -2.66. The molecule has 0 heterocycles. The van der Waals surface area contributed by atoms with Crippen LogP contribution in [0.25, 0.3) is 0 Å². The normalized spacial score (nSPS) is 10.8. The molecular weight excluding hydrogens is 350 g/mol. The lowest BCUT2D eigenvalue weighted by Gasteiger charge is -2.19. The van der Waals surface area contributed by atoms with Gasteiger partial charge in [0.1, 0.15) is 0 Å². The van der Waals surface area contributed by atoms with E-state index >= 15 is 0 Å². The van der Waals surface area contributed by atoms with Crippen molar-refractivity contribution in [1.29, 1.82) is 0 Å². The van der Waals surface area contributed by atoms with E-state index in [1.165, 1.54) is 5.56 Å². The van der Waals surface area contributed by atoms with Crippen molar-refractivity contribution < 1.29 is 9.59 Å². The zero-order chi connectivity index (χ0) is 20.8. The molecule has 2 rings (SSSR count). The average Bonchev–Trinajstić information content (AvgIpc) is 2.59. The molecule has 0 aliphatic heterocycles. The Labute approximate surface area is 168 Å². The summed E-state index contributed by atoms with van der Waals surface area (Å²) in [6.45, 7) is 10.4. The fraction of sp³-hybridized carbons (Fsp3) is 0.391. The van der Waals surface area contributed by atoms with Crippen molar-refractivity contribution in [3.8, 4) is 0 Å². The Balaban J connectivity index is 1.94. The molecule has 0 saturated carbocycles. The predicted molar refractivity (Wildman–Crippen MR) is 116 cm³/mol. The van der Waals surface area contributed by atoms with E-state index in [1.807, 2.05) is 58.0 Å². The number of rotatable bonds is 7. The predicted octanol–water partition coefficient (Wildman–Crippen LogP) is 3.99. The van der Waals surface area contributed by atoms with E-state index in [0.29, 0.717) is 0 Å². The Morgan fingerprint density at radius 1 is 0.857 bits per heavy atom. The van der Waals surface area contributed by atoms with Crippen molar-refractivity contribution >= 4 is 23.2 Å². The Bertz CT molecular complexity index is 851. The van der Waals surface area contributed by atoms with Crippen LogP contribution in [-0.4, -0.2) is 36.9 Å². The number of nitrogens with one attached hydrogen (secondary N) is 2. The van der Waals surface area contributed by atoms with Crippen molar-refractivity contribution in [2.24, 2.45) is 0 Å². The van der Waals surface area contributed by atoms with E-state index in [1.54, 1.807) is 11.9 Å². The highest BCUT2D eigenvalue weighted by atomic mass is 16.2. The summed E-state index contributed by atoms with van der Waals surface area (Å²) < 4.78 is 0. The maximum atomic E-state index is 12.4. The highest BCUT2D eigenvalue weighted by molar-refractivity contribution is 5.96. The van der Waals surface area contributed by atoms with Crippen molar-refractivity contribution in [3.05, 3.63) is 58.1 Å². The van der Waals surface area contributed by atoms with Crippen LogP contribution in [0.1, 0.15) is 34.7 Å². The lowest BCUT2D eigenvalue weighted by molar-refractivity contribution is -0.119. The third-order valence-corrected chi connectivity index (χ3v) is 4.77. The van der Waals surface area contributed by atoms with Gasteiger partial charge in [-0.1, -0.05) is 42.8 Å². The van der Waals surface area contributed by atoms with E-state index in [-0.39, 0.29) is 24.9 Å². The fourth-order valence-electron chi connectivity index (χ4n) is 3.48. The van der Waals surface area contributed by atoms with Gasteiger partial charge in [-0.3, -0.25) is 14.5 Å². The van der Waals surface area contributed by atoms with Crippen LogP contribution in [0.4, 0.5) is 11.4 Å². The molecule has 0 atom stereocenters. The molecule has 0 radical (unpaired) electrons. The van der Waals surface area contributed by atoms with Crippen LogP contribution in [-0.2, 0) is 16.0 Å². The Kier molecular flexibility index (Phi) is 7.35. The van der Waals surface area contributed by atoms with Gasteiger partial charge in [0.15, 0.2) is 0 Å².